The Morgan fingerprint density at radius 3 is 2.52 bits per heavy atom. The number of nitrogens with one attached hydrogen (secondary N) is 1. The summed E-state index contributed by atoms with van der Waals surface area (Å²) in [4.78, 5) is 7.21. The Hall–Kier alpha value is -2.33. The summed E-state index contributed by atoms with van der Waals surface area (Å²) in [5, 5.41) is 6.90. The van der Waals surface area contributed by atoms with Crippen molar-refractivity contribution in [3.63, 3.8) is 0 Å². The molecular weight excluding hydrogens is 302 g/mol. The van der Waals surface area contributed by atoms with E-state index in [2.05, 4.69) is 64.1 Å². The number of anilines is 2. The zero-order chi connectivity index (χ0) is 15.5. The smallest absolute Gasteiger partial charge is 0.185 e. The van der Waals surface area contributed by atoms with Gasteiger partial charge in [0.15, 0.2) is 5.13 Å². The van der Waals surface area contributed by atoms with Gasteiger partial charge < -0.3 is 10.2 Å². The Morgan fingerprint density at radius 2 is 1.74 bits per heavy atom. The van der Waals surface area contributed by atoms with Crippen LogP contribution in [0, 0.1) is 0 Å². The fraction of sp³-hybridized carbons (Fsp3) is 0.211. The van der Waals surface area contributed by atoms with E-state index in [1.807, 2.05) is 12.1 Å². The molecule has 1 atom stereocenters. The van der Waals surface area contributed by atoms with Crippen LogP contribution in [-0.4, -0.2) is 24.1 Å². The first kappa shape index (κ1) is 14.3. The van der Waals surface area contributed by atoms with Crippen LogP contribution in [0.2, 0.25) is 0 Å². The van der Waals surface area contributed by atoms with Crippen molar-refractivity contribution in [1.29, 1.82) is 0 Å². The Balaban J connectivity index is 1.43. The van der Waals surface area contributed by atoms with E-state index in [9.17, 15) is 0 Å². The third-order valence-corrected chi connectivity index (χ3v) is 5.07. The second-order valence-corrected chi connectivity index (χ2v) is 6.66. The van der Waals surface area contributed by atoms with Gasteiger partial charge in [-0.05, 0) is 18.6 Å². The second kappa shape index (κ2) is 6.42. The fourth-order valence-electron chi connectivity index (χ4n) is 2.97. The van der Waals surface area contributed by atoms with Crippen LogP contribution in [0.25, 0.3) is 11.3 Å². The molecule has 1 fully saturated rings. The monoisotopic (exact) mass is 321 g/mol. The number of benzene rings is 2. The Labute approximate surface area is 140 Å². The van der Waals surface area contributed by atoms with E-state index in [1.165, 1.54) is 11.3 Å². The predicted octanol–water partition coefficient (Wildman–Crippen LogP) is 4.50. The van der Waals surface area contributed by atoms with Gasteiger partial charge in [-0.1, -0.05) is 48.5 Å². The van der Waals surface area contributed by atoms with Crippen molar-refractivity contribution in [2.24, 2.45) is 0 Å². The molecule has 1 aromatic heterocycles. The van der Waals surface area contributed by atoms with Gasteiger partial charge in [-0.3, -0.25) is 0 Å². The van der Waals surface area contributed by atoms with Gasteiger partial charge in [-0.2, -0.15) is 0 Å². The molecule has 2 heterocycles. The molecule has 1 aliphatic rings. The molecule has 0 radical (unpaired) electrons. The summed E-state index contributed by atoms with van der Waals surface area (Å²) in [7, 11) is 0. The van der Waals surface area contributed by atoms with E-state index < -0.39 is 0 Å². The summed E-state index contributed by atoms with van der Waals surface area (Å²) in [5.74, 6) is 0. The maximum absolute atomic E-state index is 4.82. The average Bonchev–Trinajstić information content (AvgIpc) is 3.26. The molecule has 0 saturated carbocycles. The molecule has 0 aliphatic carbocycles. The van der Waals surface area contributed by atoms with Crippen molar-refractivity contribution in [3.8, 4) is 11.3 Å². The van der Waals surface area contributed by atoms with Crippen LogP contribution in [-0.2, 0) is 0 Å². The average molecular weight is 321 g/mol. The predicted molar refractivity (Wildman–Crippen MR) is 98.2 cm³/mol. The number of thiazole rings is 1. The van der Waals surface area contributed by atoms with Crippen molar-refractivity contribution >= 4 is 22.2 Å². The molecule has 4 rings (SSSR count). The molecule has 116 valence electrons. The van der Waals surface area contributed by atoms with Gasteiger partial charge in [0.25, 0.3) is 0 Å². The van der Waals surface area contributed by atoms with Crippen LogP contribution in [0.3, 0.4) is 0 Å². The van der Waals surface area contributed by atoms with Crippen LogP contribution >= 0.6 is 11.3 Å². The SMILES string of the molecule is c1ccc(NC2CCN(c3nc(-c4ccccc4)cs3)C2)cc1. The van der Waals surface area contributed by atoms with Crippen molar-refractivity contribution in [1.82, 2.24) is 4.98 Å². The topological polar surface area (TPSA) is 28.2 Å². The molecule has 0 spiro atoms. The van der Waals surface area contributed by atoms with E-state index in [4.69, 9.17) is 4.98 Å². The highest BCUT2D eigenvalue weighted by Gasteiger charge is 2.24. The lowest BCUT2D eigenvalue weighted by Gasteiger charge is -2.16. The van der Waals surface area contributed by atoms with Gasteiger partial charge in [-0.15, -0.1) is 11.3 Å². The zero-order valence-electron chi connectivity index (χ0n) is 12.9. The number of hydrogen-bond donors (Lipinski definition) is 1. The zero-order valence-corrected chi connectivity index (χ0v) is 13.7. The number of hydrogen-bond acceptors (Lipinski definition) is 4. The summed E-state index contributed by atoms with van der Waals surface area (Å²) in [6.07, 6.45) is 1.15. The molecule has 1 unspecified atom stereocenters. The van der Waals surface area contributed by atoms with Gasteiger partial charge in [0, 0.05) is 35.8 Å². The standard InChI is InChI=1S/C19H19N3S/c1-3-7-15(8-4-1)18-14-23-19(21-18)22-12-11-17(13-22)20-16-9-5-2-6-10-16/h1-10,14,17,20H,11-13H2. The Morgan fingerprint density at radius 1 is 1.00 bits per heavy atom. The normalized spacial score (nSPS) is 17.4. The summed E-state index contributed by atoms with van der Waals surface area (Å²) in [5.41, 5.74) is 3.46. The molecule has 4 heteroatoms. The van der Waals surface area contributed by atoms with Crippen LogP contribution < -0.4 is 10.2 Å². The van der Waals surface area contributed by atoms with Gasteiger partial charge >= 0.3 is 0 Å². The van der Waals surface area contributed by atoms with Gasteiger partial charge in [0.2, 0.25) is 0 Å². The second-order valence-electron chi connectivity index (χ2n) is 5.82. The van der Waals surface area contributed by atoms with E-state index in [1.54, 1.807) is 11.3 Å². The molecule has 0 bridgehead atoms. The molecule has 23 heavy (non-hydrogen) atoms. The van der Waals surface area contributed by atoms with Crippen molar-refractivity contribution in [2.75, 3.05) is 23.3 Å². The van der Waals surface area contributed by atoms with Crippen LogP contribution in [0.4, 0.5) is 10.8 Å². The quantitative estimate of drug-likeness (QED) is 0.767. The number of aromatic nitrogens is 1. The largest absolute Gasteiger partial charge is 0.380 e. The summed E-state index contributed by atoms with van der Waals surface area (Å²) in [6, 6.07) is 21.3. The minimum absolute atomic E-state index is 0.487. The lowest BCUT2D eigenvalue weighted by molar-refractivity contribution is 0.807. The highest BCUT2D eigenvalue weighted by molar-refractivity contribution is 7.14. The van der Waals surface area contributed by atoms with Crippen molar-refractivity contribution < 1.29 is 0 Å². The van der Waals surface area contributed by atoms with Crippen LogP contribution in [0.1, 0.15) is 6.42 Å². The first-order valence-corrected chi connectivity index (χ1v) is 8.84. The van der Waals surface area contributed by atoms with Gasteiger partial charge in [0.05, 0.1) is 5.69 Å². The molecule has 2 aromatic carbocycles. The first-order chi connectivity index (χ1) is 11.4. The molecule has 3 aromatic rings. The minimum atomic E-state index is 0.487. The third kappa shape index (κ3) is 3.22. The molecule has 3 nitrogen and oxygen atoms in total. The molecule has 0 amide bonds. The number of nitrogens with zero attached hydrogens (tertiary/aromatic N) is 2. The van der Waals surface area contributed by atoms with Gasteiger partial charge in [0.1, 0.15) is 0 Å². The van der Waals surface area contributed by atoms with E-state index in [0.717, 1.165) is 30.3 Å². The van der Waals surface area contributed by atoms with Gasteiger partial charge in [-0.25, -0.2) is 4.98 Å². The van der Waals surface area contributed by atoms with E-state index >= 15 is 0 Å². The molecule has 1 aliphatic heterocycles. The minimum Gasteiger partial charge on any atom is -0.380 e. The van der Waals surface area contributed by atoms with E-state index in [0.29, 0.717) is 6.04 Å². The Bertz CT molecular complexity index is 755. The summed E-state index contributed by atoms with van der Waals surface area (Å²) >= 11 is 1.74. The fourth-order valence-corrected chi connectivity index (χ4v) is 3.84. The summed E-state index contributed by atoms with van der Waals surface area (Å²) < 4.78 is 0. The van der Waals surface area contributed by atoms with Crippen molar-refractivity contribution in [2.45, 2.75) is 12.5 Å². The summed E-state index contributed by atoms with van der Waals surface area (Å²) in [6.45, 7) is 2.07. The number of rotatable bonds is 4. The molecular formula is C19H19N3S. The molecule has 1 N–H and O–H groups in total. The Kier molecular flexibility index (Phi) is 3.99. The van der Waals surface area contributed by atoms with Crippen LogP contribution in [0.5, 0.6) is 0 Å². The van der Waals surface area contributed by atoms with Crippen molar-refractivity contribution in [3.05, 3.63) is 66.0 Å². The first-order valence-electron chi connectivity index (χ1n) is 7.96. The maximum atomic E-state index is 4.82. The lowest BCUT2D eigenvalue weighted by atomic mass is 10.2. The maximum Gasteiger partial charge on any atom is 0.185 e. The number of para-hydroxylation sites is 1. The van der Waals surface area contributed by atoms with E-state index in [-0.39, 0.29) is 0 Å². The highest BCUT2D eigenvalue weighted by Crippen LogP contribution is 2.30. The third-order valence-electron chi connectivity index (χ3n) is 4.16. The lowest BCUT2D eigenvalue weighted by Crippen LogP contribution is -2.25. The highest BCUT2D eigenvalue weighted by atomic mass is 32.1. The van der Waals surface area contributed by atoms with Crippen LogP contribution in [0.15, 0.2) is 66.0 Å². The molecule has 1 saturated heterocycles.